The molecular weight excluding hydrogens is 322 g/mol. The molecule has 0 saturated carbocycles. The molecule has 0 bridgehead atoms. The van der Waals surface area contributed by atoms with Crippen LogP contribution >= 0.6 is 0 Å². The first-order valence-corrected chi connectivity index (χ1v) is 9.60. The minimum Gasteiger partial charge on any atom is -0.378 e. The predicted molar refractivity (Wildman–Crippen MR) is 108 cm³/mol. The molecule has 1 N–H and O–H groups in total. The lowest BCUT2D eigenvalue weighted by Gasteiger charge is -2.17. The van der Waals surface area contributed by atoms with Crippen molar-refractivity contribution in [2.45, 2.75) is 52.6 Å². The fourth-order valence-corrected chi connectivity index (χ4v) is 3.50. The molecule has 0 radical (unpaired) electrons. The Labute approximate surface area is 156 Å². The van der Waals surface area contributed by atoms with Crippen molar-refractivity contribution in [3.63, 3.8) is 0 Å². The first-order valence-electron chi connectivity index (χ1n) is 9.60. The van der Waals surface area contributed by atoms with Gasteiger partial charge >= 0.3 is 0 Å². The maximum Gasteiger partial charge on any atom is 0.224 e. The van der Waals surface area contributed by atoms with Crippen LogP contribution in [-0.2, 0) is 9.53 Å². The van der Waals surface area contributed by atoms with Gasteiger partial charge in [-0.15, -0.1) is 0 Å². The number of hydrogen-bond donors (Lipinski definition) is 1. The van der Waals surface area contributed by atoms with Crippen molar-refractivity contribution in [2.24, 2.45) is 5.92 Å². The van der Waals surface area contributed by atoms with E-state index < -0.39 is 0 Å². The molecule has 3 heteroatoms. The molecule has 0 aromatic heterocycles. The number of fused-ring (bicyclic) bond motifs is 3. The Morgan fingerprint density at radius 3 is 2.50 bits per heavy atom. The molecule has 2 aromatic rings. The number of carbonyl (C=O) groups is 1. The Hall–Kier alpha value is -2.13. The van der Waals surface area contributed by atoms with Crippen molar-refractivity contribution >= 4 is 11.6 Å². The maximum absolute atomic E-state index is 12.2. The lowest BCUT2D eigenvalue weighted by molar-refractivity contribution is -0.116. The van der Waals surface area contributed by atoms with Gasteiger partial charge in [-0.25, -0.2) is 0 Å². The predicted octanol–water partition coefficient (Wildman–Crippen LogP) is 5.60. The van der Waals surface area contributed by atoms with E-state index in [4.69, 9.17) is 4.74 Å². The molecule has 138 valence electrons. The van der Waals surface area contributed by atoms with Crippen molar-refractivity contribution in [1.82, 2.24) is 0 Å². The maximum atomic E-state index is 12.2. The lowest BCUT2D eigenvalue weighted by atomic mass is 9.97. The molecule has 3 rings (SSSR count). The zero-order valence-electron chi connectivity index (χ0n) is 16.2. The van der Waals surface area contributed by atoms with Gasteiger partial charge < -0.3 is 10.1 Å². The number of rotatable bonds is 7. The molecule has 0 heterocycles. The molecule has 1 unspecified atom stereocenters. The van der Waals surface area contributed by atoms with E-state index in [0.29, 0.717) is 18.9 Å². The third-order valence-corrected chi connectivity index (χ3v) is 4.88. The molecule has 0 fully saturated rings. The van der Waals surface area contributed by atoms with Crippen LogP contribution in [0.4, 0.5) is 5.69 Å². The van der Waals surface area contributed by atoms with Gasteiger partial charge in [0.25, 0.3) is 0 Å². The fraction of sp³-hybridized carbons (Fsp3) is 0.435. The Morgan fingerprint density at radius 1 is 1.04 bits per heavy atom. The first kappa shape index (κ1) is 18.7. The summed E-state index contributed by atoms with van der Waals surface area (Å²) >= 11 is 0. The van der Waals surface area contributed by atoms with Gasteiger partial charge in [-0.2, -0.15) is 0 Å². The van der Waals surface area contributed by atoms with Crippen LogP contribution in [0, 0.1) is 5.92 Å². The smallest absolute Gasteiger partial charge is 0.224 e. The average Bonchev–Trinajstić information content (AvgIpc) is 2.91. The van der Waals surface area contributed by atoms with E-state index in [1.165, 1.54) is 22.3 Å². The molecule has 2 aromatic carbocycles. The fourth-order valence-electron chi connectivity index (χ4n) is 3.50. The zero-order chi connectivity index (χ0) is 18.7. The SMILES string of the molecule is CC(C)CCC(=O)Nc1ccc2c(c1)C(COC(C)C)c1ccccc1-2. The van der Waals surface area contributed by atoms with Gasteiger partial charge in [-0.1, -0.05) is 44.2 Å². The van der Waals surface area contributed by atoms with Crippen LogP contribution in [0.3, 0.4) is 0 Å². The molecule has 0 saturated heterocycles. The molecule has 0 aliphatic heterocycles. The Balaban J connectivity index is 1.84. The second kappa shape index (κ2) is 8.05. The van der Waals surface area contributed by atoms with Gasteiger partial charge in [-0.05, 0) is 60.6 Å². The second-order valence-electron chi connectivity index (χ2n) is 7.80. The van der Waals surface area contributed by atoms with Crippen molar-refractivity contribution in [2.75, 3.05) is 11.9 Å². The largest absolute Gasteiger partial charge is 0.378 e. The molecule has 26 heavy (non-hydrogen) atoms. The van der Waals surface area contributed by atoms with Gasteiger partial charge in [0.15, 0.2) is 0 Å². The molecule has 1 aliphatic rings. The third kappa shape index (κ3) is 4.16. The van der Waals surface area contributed by atoms with Crippen LogP contribution in [-0.4, -0.2) is 18.6 Å². The summed E-state index contributed by atoms with van der Waals surface area (Å²) in [4.78, 5) is 12.2. The van der Waals surface area contributed by atoms with Crippen LogP contribution in [0.5, 0.6) is 0 Å². The van der Waals surface area contributed by atoms with E-state index in [2.05, 4.69) is 69.4 Å². The monoisotopic (exact) mass is 351 g/mol. The number of nitrogens with one attached hydrogen (secondary N) is 1. The van der Waals surface area contributed by atoms with E-state index in [-0.39, 0.29) is 17.9 Å². The molecule has 1 aliphatic carbocycles. The van der Waals surface area contributed by atoms with Crippen molar-refractivity contribution in [3.05, 3.63) is 53.6 Å². The highest BCUT2D eigenvalue weighted by Gasteiger charge is 2.29. The third-order valence-electron chi connectivity index (χ3n) is 4.88. The lowest BCUT2D eigenvalue weighted by Crippen LogP contribution is -2.14. The normalized spacial score (nSPS) is 15.2. The first-order chi connectivity index (χ1) is 12.5. The van der Waals surface area contributed by atoms with E-state index in [1.807, 2.05) is 6.07 Å². The molecule has 0 spiro atoms. The number of carbonyl (C=O) groups excluding carboxylic acids is 1. The minimum atomic E-state index is 0.0872. The summed E-state index contributed by atoms with van der Waals surface area (Å²) in [7, 11) is 0. The number of hydrogen-bond acceptors (Lipinski definition) is 2. The standard InChI is InChI=1S/C23H29NO2/c1-15(2)9-12-23(25)24-17-10-11-20-18-7-5-6-8-19(18)22(21(20)13-17)14-26-16(3)4/h5-8,10-11,13,15-16,22H,9,12,14H2,1-4H3,(H,24,25). The van der Waals surface area contributed by atoms with Gasteiger partial charge in [0.2, 0.25) is 5.91 Å². The Bertz CT molecular complexity index is 780. The Kier molecular flexibility index (Phi) is 5.77. The quantitative estimate of drug-likeness (QED) is 0.705. The average molecular weight is 351 g/mol. The van der Waals surface area contributed by atoms with Gasteiger partial charge in [-0.3, -0.25) is 4.79 Å². The number of amides is 1. The van der Waals surface area contributed by atoms with Crippen molar-refractivity contribution in [1.29, 1.82) is 0 Å². The van der Waals surface area contributed by atoms with Gasteiger partial charge in [0.05, 0.1) is 12.7 Å². The zero-order valence-corrected chi connectivity index (χ0v) is 16.2. The van der Waals surface area contributed by atoms with Crippen LogP contribution in [0.2, 0.25) is 0 Å². The summed E-state index contributed by atoms with van der Waals surface area (Å²) in [6.07, 6.45) is 1.67. The number of ether oxygens (including phenoxy) is 1. The molecule has 1 atom stereocenters. The molecular formula is C23H29NO2. The highest BCUT2D eigenvalue weighted by Crippen LogP contribution is 2.45. The van der Waals surface area contributed by atoms with Gasteiger partial charge in [0.1, 0.15) is 0 Å². The van der Waals surface area contributed by atoms with Crippen LogP contribution < -0.4 is 5.32 Å². The summed E-state index contributed by atoms with van der Waals surface area (Å²) < 4.78 is 5.94. The second-order valence-corrected chi connectivity index (χ2v) is 7.80. The van der Waals surface area contributed by atoms with Crippen LogP contribution in [0.1, 0.15) is 57.6 Å². The molecule has 3 nitrogen and oxygen atoms in total. The number of benzene rings is 2. The van der Waals surface area contributed by atoms with Crippen LogP contribution in [0.25, 0.3) is 11.1 Å². The summed E-state index contributed by atoms with van der Waals surface area (Å²) in [5.74, 6) is 0.841. The summed E-state index contributed by atoms with van der Waals surface area (Å²) in [6, 6.07) is 14.8. The minimum absolute atomic E-state index is 0.0872. The van der Waals surface area contributed by atoms with E-state index in [0.717, 1.165) is 12.1 Å². The summed E-state index contributed by atoms with van der Waals surface area (Å²) in [5.41, 5.74) is 5.95. The van der Waals surface area contributed by atoms with Gasteiger partial charge in [0, 0.05) is 18.0 Å². The summed E-state index contributed by atoms with van der Waals surface area (Å²) in [6.45, 7) is 9.06. The van der Waals surface area contributed by atoms with E-state index >= 15 is 0 Å². The highest BCUT2D eigenvalue weighted by atomic mass is 16.5. The summed E-state index contributed by atoms with van der Waals surface area (Å²) in [5, 5.41) is 3.06. The van der Waals surface area contributed by atoms with Crippen molar-refractivity contribution < 1.29 is 9.53 Å². The van der Waals surface area contributed by atoms with E-state index in [9.17, 15) is 4.79 Å². The van der Waals surface area contributed by atoms with E-state index in [1.54, 1.807) is 0 Å². The van der Waals surface area contributed by atoms with Crippen molar-refractivity contribution in [3.8, 4) is 11.1 Å². The number of anilines is 1. The highest BCUT2D eigenvalue weighted by molar-refractivity contribution is 5.92. The van der Waals surface area contributed by atoms with Crippen LogP contribution in [0.15, 0.2) is 42.5 Å². The topological polar surface area (TPSA) is 38.3 Å². The molecule has 1 amide bonds. The Morgan fingerprint density at radius 2 is 1.77 bits per heavy atom.